The summed E-state index contributed by atoms with van der Waals surface area (Å²) in [6.07, 6.45) is 10.2. The van der Waals surface area contributed by atoms with Gasteiger partial charge in [0.25, 0.3) is 10.0 Å². The van der Waals surface area contributed by atoms with Crippen LogP contribution < -0.4 is 0 Å². The number of hydrogen-bond donors (Lipinski definition) is 1. The summed E-state index contributed by atoms with van der Waals surface area (Å²) >= 11 is 0. The first-order valence-electron chi connectivity index (χ1n) is 9.16. The predicted octanol–water partition coefficient (Wildman–Crippen LogP) is 4.33. The van der Waals surface area contributed by atoms with Gasteiger partial charge in [-0.05, 0) is 54.5 Å². The fraction of sp³-hybridized carbons (Fsp3) is 0.0909. The lowest BCUT2D eigenvalue weighted by atomic mass is 9.91. The molecule has 1 aliphatic heterocycles. The number of hydroxylamine groups is 2. The van der Waals surface area contributed by atoms with Crippen LogP contribution in [0.4, 0.5) is 8.78 Å². The third-order valence-electron chi connectivity index (χ3n) is 4.78. The maximum absolute atomic E-state index is 14.4. The Hall–Kier alpha value is -3.43. The second-order valence-electron chi connectivity index (χ2n) is 7.08. The van der Waals surface area contributed by atoms with Crippen LogP contribution in [0.3, 0.4) is 0 Å². The van der Waals surface area contributed by atoms with Crippen LogP contribution in [-0.2, 0) is 10.0 Å². The Bertz CT molecular complexity index is 1360. The van der Waals surface area contributed by atoms with Gasteiger partial charge in [0.05, 0.1) is 17.7 Å². The fourth-order valence-electron chi connectivity index (χ4n) is 3.51. The first-order valence-corrected chi connectivity index (χ1v) is 11.0. The molecule has 2 aromatic rings. The number of rotatable bonds is 2. The van der Waals surface area contributed by atoms with Crippen molar-refractivity contribution in [1.82, 2.24) is 10.0 Å². The molecule has 2 aliphatic rings. The van der Waals surface area contributed by atoms with Gasteiger partial charge in [0.15, 0.2) is 0 Å². The molecule has 1 N–H and O–H groups in total. The smallest absolute Gasteiger partial charge is 0.250 e. The highest BCUT2D eigenvalue weighted by atomic mass is 32.2. The van der Waals surface area contributed by atoms with Gasteiger partial charge in [0, 0.05) is 35.2 Å². The number of nitrogens with zero attached hydrogens (tertiary/aromatic N) is 3. The van der Waals surface area contributed by atoms with Crippen molar-refractivity contribution >= 4 is 27.5 Å². The second kappa shape index (κ2) is 7.68. The maximum atomic E-state index is 14.4. The highest BCUT2D eigenvalue weighted by Gasteiger charge is 2.25. The van der Waals surface area contributed by atoms with Gasteiger partial charge in [-0.25, -0.2) is 22.3 Å². The molecule has 0 unspecified atom stereocenters. The Balaban J connectivity index is 1.89. The third-order valence-corrected chi connectivity index (χ3v) is 5.33. The number of fused-ring (bicyclic) bond motifs is 1. The molecule has 1 aromatic heterocycles. The van der Waals surface area contributed by atoms with Crippen LogP contribution in [-0.4, -0.2) is 35.6 Å². The maximum Gasteiger partial charge on any atom is 0.250 e. The molecule has 0 spiro atoms. The van der Waals surface area contributed by atoms with E-state index in [0.29, 0.717) is 33.7 Å². The number of benzene rings is 1. The second-order valence-corrected chi connectivity index (χ2v) is 8.73. The van der Waals surface area contributed by atoms with Crippen LogP contribution in [0.15, 0.2) is 70.4 Å². The molecular weight excluding hydrogens is 424 g/mol. The van der Waals surface area contributed by atoms with Crippen molar-refractivity contribution in [2.45, 2.75) is 6.92 Å². The molecule has 0 atom stereocenters. The summed E-state index contributed by atoms with van der Waals surface area (Å²) in [5.74, 6) is -1.39. The van der Waals surface area contributed by atoms with Crippen molar-refractivity contribution in [3.05, 3.63) is 88.9 Å². The summed E-state index contributed by atoms with van der Waals surface area (Å²) in [6, 6.07) is 4.96. The van der Waals surface area contributed by atoms with Crippen molar-refractivity contribution < 1.29 is 22.4 Å². The van der Waals surface area contributed by atoms with Gasteiger partial charge in [-0.3, -0.25) is 10.2 Å². The standard InChI is InChI=1S/C22H17F2N3O3S/c1-13-11-15(26-31(2,29)30)4-6-16(13)22-21-19(8-10-27(22)28)17(7-9-25-21)18-5-3-14(23)12-20(18)24/h3-12,28H,1-2H3. The number of sulfonamides is 1. The highest BCUT2D eigenvalue weighted by molar-refractivity contribution is 7.89. The summed E-state index contributed by atoms with van der Waals surface area (Å²) < 4.78 is 54.3. The van der Waals surface area contributed by atoms with Gasteiger partial charge in [-0.2, -0.15) is 4.40 Å². The molecule has 0 fully saturated rings. The Labute approximate surface area is 177 Å². The molecule has 4 rings (SSSR count). The van der Waals surface area contributed by atoms with E-state index in [9.17, 15) is 22.4 Å². The molecule has 9 heteroatoms. The van der Waals surface area contributed by atoms with Crippen LogP contribution in [0.25, 0.3) is 22.9 Å². The van der Waals surface area contributed by atoms with Gasteiger partial charge in [0.2, 0.25) is 0 Å². The summed E-state index contributed by atoms with van der Waals surface area (Å²) in [6.45, 7) is 1.75. The lowest BCUT2D eigenvalue weighted by Gasteiger charge is -2.26. The third kappa shape index (κ3) is 4.10. The van der Waals surface area contributed by atoms with Crippen LogP contribution in [0, 0.1) is 11.6 Å². The molecule has 0 amide bonds. The van der Waals surface area contributed by atoms with Gasteiger partial charge in [-0.15, -0.1) is 0 Å². The molecule has 1 aliphatic carbocycles. The molecule has 2 heterocycles. The molecule has 0 saturated heterocycles. The Morgan fingerprint density at radius 3 is 2.55 bits per heavy atom. The molecule has 0 radical (unpaired) electrons. The van der Waals surface area contributed by atoms with Crippen molar-refractivity contribution in [1.29, 1.82) is 0 Å². The zero-order valence-corrected chi connectivity index (χ0v) is 17.4. The van der Waals surface area contributed by atoms with E-state index in [2.05, 4.69) is 9.38 Å². The van der Waals surface area contributed by atoms with Gasteiger partial charge < -0.3 is 0 Å². The number of aromatic nitrogens is 1. The molecule has 1 aromatic carbocycles. The first-order chi connectivity index (χ1) is 14.6. The topological polar surface area (TPSA) is 82.9 Å². The van der Waals surface area contributed by atoms with Crippen LogP contribution in [0.5, 0.6) is 0 Å². The summed E-state index contributed by atoms with van der Waals surface area (Å²) in [5, 5.41) is 11.4. The Kier molecular flexibility index (Phi) is 5.16. The van der Waals surface area contributed by atoms with E-state index in [1.54, 1.807) is 31.2 Å². The molecule has 0 saturated carbocycles. The van der Waals surface area contributed by atoms with Gasteiger partial charge in [-0.1, -0.05) is 6.08 Å². The lowest BCUT2D eigenvalue weighted by Crippen LogP contribution is -2.19. The van der Waals surface area contributed by atoms with E-state index in [1.807, 2.05) is 0 Å². The van der Waals surface area contributed by atoms with Gasteiger partial charge in [0.1, 0.15) is 17.3 Å². The van der Waals surface area contributed by atoms with Crippen molar-refractivity contribution in [3.8, 4) is 11.1 Å². The summed E-state index contributed by atoms with van der Waals surface area (Å²) in [4.78, 5) is 4.38. The van der Waals surface area contributed by atoms with Crippen LogP contribution in [0.1, 0.15) is 18.2 Å². The highest BCUT2D eigenvalue weighted by Crippen LogP contribution is 2.38. The SMILES string of the molecule is CC1=CC(=NS(C)(=O)=O)C=CC1=C1c2nccc(-c3ccc(F)cc3F)c2C=CN1O. The van der Waals surface area contributed by atoms with E-state index in [-0.39, 0.29) is 11.3 Å². The predicted molar refractivity (Wildman–Crippen MR) is 114 cm³/mol. The minimum Gasteiger partial charge on any atom is -0.284 e. The molecular formula is C22H17F2N3O3S. The van der Waals surface area contributed by atoms with E-state index in [0.717, 1.165) is 17.4 Å². The average molecular weight is 441 g/mol. The average Bonchev–Trinajstić information content (AvgIpc) is 2.67. The quantitative estimate of drug-likeness (QED) is 0.750. The Morgan fingerprint density at radius 2 is 1.87 bits per heavy atom. The largest absolute Gasteiger partial charge is 0.284 e. The van der Waals surface area contributed by atoms with Crippen molar-refractivity contribution in [2.75, 3.05) is 6.26 Å². The van der Waals surface area contributed by atoms with Crippen molar-refractivity contribution in [2.24, 2.45) is 4.40 Å². The number of halogens is 2. The summed E-state index contributed by atoms with van der Waals surface area (Å²) in [7, 11) is -3.56. The minimum absolute atomic E-state index is 0.203. The zero-order valence-electron chi connectivity index (χ0n) is 16.5. The number of pyridine rings is 1. The fourth-order valence-corrected chi connectivity index (χ4v) is 4.01. The number of hydrogen-bond acceptors (Lipinski definition) is 5. The number of allylic oxidation sites excluding steroid dienone is 5. The molecule has 158 valence electrons. The molecule has 6 nitrogen and oxygen atoms in total. The van der Waals surface area contributed by atoms with E-state index >= 15 is 0 Å². The van der Waals surface area contributed by atoms with Crippen LogP contribution in [0.2, 0.25) is 0 Å². The Morgan fingerprint density at radius 1 is 1.10 bits per heavy atom. The normalized spacial score (nSPS) is 19.6. The van der Waals surface area contributed by atoms with E-state index in [1.165, 1.54) is 30.6 Å². The van der Waals surface area contributed by atoms with Crippen LogP contribution >= 0.6 is 0 Å². The summed E-state index contributed by atoms with van der Waals surface area (Å²) in [5.41, 5.74) is 3.48. The lowest BCUT2D eigenvalue weighted by molar-refractivity contribution is 0.0242. The monoisotopic (exact) mass is 441 g/mol. The minimum atomic E-state index is -3.56. The zero-order chi connectivity index (χ0) is 22.3. The van der Waals surface area contributed by atoms with E-state index in [4.69, 9.17) is 0 Å². The first kappa shape index (κ1) is 20.8. The molecule has 31 heavy (non-hydrogen) atoms. The molecule has 0 bridgehead atoms. The van der Waals surface area contributed by atoms with E-state index < -0.39 is 21.7 Å². The van der Waals surface area contributed by atoms with Gasteiger partial charge >= 0.3 is 0 Å². The van der Waals surface area contributed by atoms with Crippen molar-refractivity contribution in [3.63, 3.8) is 0 Å².